The van der Waals surface area contributed by atoms with Gasteiger partial charge < -0.3 is 15.0 Å². The van der Waals surface area contributed by atoms with E-state index in [0.29, 0.717) is 43.6 Å². The molecule has 0 aliphatic carbocycles. The lowest BCUT2D eigenvalue weighted by molar-refractivity contribution is -0.384. The Morgan fingerprint density at radius 1 is 1.30 bits per heavy atom. The molecule has 1 heterocycles. The molecule has 1 aromatic rings. The van der Waals surface area contributed by atoms with E-state index in [1.54, 1.807) is 6.07 Å². The lowest BCUT2D eigenvalue weighted by atomic mass is 10.1. The molecular weight excluding hydrogens is 370 g/mol. The quantitative estimate of drug-likeness (QED) is 0.277. The van der Waals surface area contributed by atoms with E-state index in [2.05, 4.69) is 23.1 Å². The number of amides is 1. The average molecular weight is 395 g/mol. The number of nitrogens with zero attached hydrogens (tertiary/aromatic N) is 2. The Hall–Kier alpha value is -2.46. The number of anilines is 1. The largest absolute Gasteiger partial charge is 0.378 e. The van der Waals surface area contributed by atoms with Gasteiger partial charge in [-0.1, -0.05) is 19.8 Å². The van der Waals surface area contributed by atoms with Crippen molar-refractivity contribution >= 4 is 34.6 Å². The Balaban J connectivity index is 2.04. The maximum Gasteiger partial charge on any atom is 0.272 e. The third-order valence-corrected chi connectivity index (χ3v) is 4.39. The molecule has 0 radical (unpaired) electrons. The number of hydrogen-bond donors (Lipinski definition) is 3. The van der Waals surface area contributed by atoms with Crippen molar-refractivity contribution in [1.29, 1.82) is 0 Å². The van der Waals surface area contributed by atoms with Gasteiger partial charge in [0.1, 0.15) is 0 Å². The summed E-state index contributed by atoms with van der Waals surface area (Å²) in [4.78, 5) is 25.2. The van der Waals surface area contributed by atoms with Crippen LogP contribution in [-0.4, -0.2) is 48.8 Å². The van der Waals surface area contributed by atoms with Crippen LogP contribution in [0.25, 0.3) is 0 Å². The predicted molar refractivity (Wildman–Crippen MR) is 107 cm³/mol. The highest BCUT2D eigenvalue weighted by atomic mass is 32.1. The molecule has 0 aromatic heterocycles. The highest BCUT2D eigenvalue weighted by molar-refractivity contribution is 7.80. The smallest absolute Gasteiger partial charge is 0.272 e. The van der Waals surface area contributed by atoms with Gasteiger partial charge in [0.25, 0.3) is 11.6 Å². The molecule has 2 rings (SSSR count). The second-order valence-corrected chi connectivity index (χ2v) is 6.51. The number of unbranched alkanes of at least 4 members (excludes halogenated alkanes) is 2. The van der Waals surface area contributed by atoms with E-state index in [-0.39, 0.29) is 11.3 Å². The van der Waals surface area contributed by atoms with E-state index in [0.717, 1.165) is 19.3 Å². The highest BCUT2D eigenvalue weighted by Gasteiger charge is 2.22. The zero-order valence-electron chi connectivity index (χ0n) is 15.3. The number of hydrogen-bond acceptors (Lipinski definition) is 6. The van der Waals surface area contributed by atoms with E-state index < -0.39 is 10.8 Å². The number of morpholine rings is 1. The summed E-state index contributed by atoms with van der Waals surface area (Å²) in [6, 6.07) is 4.27. The number of nitro benzene ring substituents is 1. The van der Waals surface area contributed by atoms with Crippen molar-refractivity contribution in [3.63, 3.8) is 0 Å². The minimum absolute atomic E-state index is 0.141. The summed E-state index contributed by atoms with van der Waals surface area (Å²) >= 11 is 5.13. The molecule has 0 saturated carbocycles. The summed E-state index contributed by atoms with van der Waals surface area (Å²) in [6.07, 6.45) is 3.19. The number of carbonyl (C=O) groups is 1. The van der Waals surface area contributed by atoms with Crippen molar-refractivity contribution in [3.05, 3.63) is 33.9 Å². The Labute approximate surface area is 163 Å². The number of benzene rings is 1. The third-order valence-electron chi connectivity index (χ3n) is 4.14. The van der Waals surface area contributed by atoms with Gasteiger partial charge in [-0.3, -0.25) is 25.8 Å². The van der Waals surface area contributed by atoms with Gasteiger partial charge in [-0.2, -0.15) is 0 Å². The summed E-state index contributed by atoms with van der Waals surface area (Å²) in [6.45, 7) is 5.14. The van der Waals surface area contributed by atoms with Crippen molar-refractivity contribution in [1.82, 2.24) is 16.2 Å². The summed E-state index contributed by atoms with van der Waals surface area (Å²) in [5.41, 5.74) is 5.86. The molecule has 27 heavy (non-hydrogen) atoms. The molecule has 1 aliphatic rings. The van der Waals surface area contributed by atoms with Crippen molar-refractivity contribution in [3.8, 4) is 0 Å². The highest BCUT2D eigenvalue weighted by Crippen LogP contribution is 2.26. The monoisotopic (exact) mass is 395 g/mol. The van der Waals surface area contributed by atoms with E-state index in [1.165, 1.54) is 12.1 Å². The molecule has 1 aromatic carbocycles. The standard InChI is InChI=1S/C17H25N5O4S/c1-2-3-4-7-18-17(27)20-19-16(23)14-12-13(22(24)25)5-6-15(14)21-8-10-26-11-9-21/h5-6,12H,2-4,7-11H2,1H3,(H,19,23)(H2,18,20,27). The van der Waals surface area contributed by atoms with Crippen LogP contribution in [0.2, 0.25) is 0 Å². The zero-order chi connectivity index (χ0) is 19.6. The van der Waals surface area contributed by atoms with E-state index in [4.69, 9.17) is 17.0 Å². The van der Waals surface area contributed by atoms with Crippen molar-refractivity contribution in [2.45, 2.75) is 26.2 Å². The number of hydrazine groups is 1. The van der Waals surface area contributed by atoms with Gasteiger partial charge in [0.15, 0.2) is 5.11 Å². The van der Waals surface area contributed by atoms with Gasteiger partial charge in [0, 0.05) is 31.8 Å². The van der Waals surface area contributed by atoms with Gasteiger partial charge in [-0.05, 0) is 24.7 Å². The van der Waals surface area contributed by atoms with Crippen LogP contribution >= 0.6 is 12.2 Å². The fraction of sp³-hybridized carbons (Fsp3) is 0.529. The van der Waals surface area contributed by atoms with E-state index in [1.807, 2.05) is 4.90 Å². The predicted octanol–water partition coefficient (Wildman–Crippen LogP) is 1.73. The van der Waals surface area contributed by atoms with Crippen molar-refractivity contribution in [2.24, 2.45) is 0 Å². The molecule has 0 unspecified atom stereocenters. The number of nitrogens with one attached hydrogen (secondary N) is 3. The second-order valence-electron chi connectivity index (χ2n) is 6.10. The molecule has 1 fully saturated rings. The molecule has 10 heteroatoms. The van der Waals surface area contributed by atoms with Crippen LogP contribution in [0.1, 0.15) is 36.5 Å². The maximum atomic E-state index is 12.6. The minimum atomic E-state index is -0.521. The van der Waals surface area contributed by atoms with E-state index in [9.17, 15) is 14.9 Å². The second kappa shape index (κ2) is 10.6. The number of nitro groups is 1. The first-order valence-corrected chi connectivity index (χ1v) is 9.39. The summed E-state index contributed by atoms with van der Waals surface area (Å²) in [7, 11) is 0. The molecule has 1 aliphatic heterocycles. The SMILES string of the molecule is CCCCCNC(=S)NNC(=O)c1cc([N+](=O)[O-])ccc1N1CCOCC1. The maximum absolute atomic E-state index is 12.6. The van der Waals surface area contributed by atoms with Crippen molar-refractivity contribution < 1.29 is 14.5 Å². The van der Waals surface area contributed by atoms with Crippen LogP contribution in [0.15, 0.2) is 18.2 Å². The molecule has 148 valence electrons. The van der Waals surface area contributed by atoms with Crippen LogP contribution in [0.4, 0.5) is 11.4 Å². The first kappa shape index (κ1) is 20.8. The van der Waals surface area contributed by atoms with Crippen LogP contribution < -0.4 is 21.1 Å². The fourth-order valence-corrected chi connectivity index (χ4v) is 2.85. The van der Waals surface area contributed by atoms with Gasteiger partial charge >= 0.3 is 0 Å². The Morgan fingerprint density at radius 2 is 2.04 bits per heavy atom. The summed E-state index contributed by atoms with van der Waals surface area (Å²) in [5.74, 6) is -0.488. The van der Waals surface area contributed by atoms with Gasteiger partial charge in [0.05, 0.1) is 29.4 Å². The minimum Gasteiger partial charge on any atom is -0.378 e. The molecule has 0 bridgehead atoms. The molecule has 3 N–H and O–H groups in total. The molecular formula is C17H25N5O4S. The number of thiocarbonyl (C=S) groups is 1. The lowest BCUT2D eigenvalue weighted by Crippen LogP contribution is -2.47. The van der Waals surface area contributed by atoms with Crippen LogP contribution in [0.3, 0.4) is 0 Å². The number of rotatable bonds is 7. The van der Waals surface area contributed by atoms with Crippen LogP contribution in [0, 0.1) is 10.1 Å². The van der Waals surface area contributed by atoms with Gasteiger partial charge in [-0.15, -0.1) is 0 Å². The van der Waals surface area contributed by atoms with Gasteiger partial charge in [0.2, 0.25) is 0 Å². The Bertz CT molecular complexity index is 679. The van der Waals surface area contributed by atoms with Crippen LogP contribution in [0.5, 0.6) is 0 Å². The first-order valence-electron chi connectivity index (χ1n) is 8.98. The average Bonchev–Trinajstić information content (AvgIpc) is 2.69. The first-order chi connectivity index (χ1) is 13.0. The molecule has 9 nitrogen and oxygen atoms in total. The summed E-state index contributed by atoms with van der Waals surface area (Å²) < 4.78 is 5.33. The summed E-state index contributed by atoms with van der Waals surface area (Å²) in [5, 5.41) is 14.4. The number of non-ortho nitro benzene ring substituents is 1. The molecule has 1 amide bonds. The zero-order valence-corrected chi connectivity index (χ0v) is 16.1. The number of ether oxygens (including phenoxy) is 1. The third kappa shape index (κ3) is 6.33. The fourth-order valence-electron chi connectivity index (χ4n) is 2.70. The lowest BCUT2D eigenvalue weighted by Gasteiger charge is -2.30. The van der Waals surface area contributed by atoms with Crippen LogP contribution in [-0.2, 0) is 4.74 Å². The normalized spacial score (nSPS) is 13.7. The topological polar surface area (TPSA) is 109 Å². The molecule has 0 atom stereocenters. The van der Waals surface area contributed by atoms with Gasteiger partial charge in [-0.25, -0.2) is 0 Å². The molecule has 1 saturated heterocycles. The van der Waals surface area contributed by atoms with E-state index >= 15 is 0 Å². The number of carbonyl (C=O) groups excluding carboxylic acids is 1. The molecule has 0 spiro atoms. The van der Waals surface area contributed by atoms with Crippen molar-refractivity contribution in [2.75, 3.05) is 37.7 Å². The Kier molecular flexibility index (Phi) is 8.21. The Morgan fingerprint density at radius 3 is 2.70 bits per heavy atom.